The summed E-state index contributed by atoms with van der Waals surface area (Å²) < 4.78 is 33.3. The van der Waals surface area contributed by atoms with E-state index < -0.39 is 15.9 Å². The monoisotopic (exact) mass is 556 g/mol. The number of hydrogen-bond acceptors (Lipinski definition) is 9. The maximum atomic E-state index is 13.4. The van der Waals surface area contributed by atoms with Crippen LogP contribution in [0.1, 0.15) is 63.5 Å². The summed E-state index contributed by atoms with van der Waals surface area (Å²) >= 11 is 0. The molecule has 39 heavy (non-hydrogen) atoms. The Bertz CT molecular complexity index is 1410. The van der Waals surface area contributed by atoms with E-state index in [2.05, 4.69) is 35.4 Å². The molecule has 210 valence electrons. The molecule has 1 saturated heterocycles. The van der Waals surface area contributed by atoms with Gasteiger partial charge in [0, 0.05) is 18.6 Å². The predicted molar refractivity (Wildman–Crippen MR) is 149 cm³/mol. The first kappa shape index (κ1) is 28.3. The van der Waals surface area contributed by atoms with Crippen molar-refractivity contribution in [2.75, 3.05) is 30.3 Å². The summed E-state index contributed by atoms with van der Waals surface area (Å²) in [6.07, 6.45) is 2.93. The Hall–Kier alpha value is -3.67. The Morgan fingerprint density at radius 2 is 1.92 bits per heavy atom. The molecule has 2 aromatic rings. The van der Waals surface area contributed by atoms with E-state index in [1.165, 1.54) is 18.2 Å². The summed E-state index contributed by atoms with van der Waals surface area (Å²) in [6, 6.07) is 7.45. The van der Waals surface area contributed by atoms with Crippen molar-refractivity contribution in [3.63, 3.8) is 0 Å². The summed E-state index contributed by atoms with van der Waals surface area (Å²) in [6.45, 7) is 11.4. The molecule has 0 saturated carbocycles. The quantitative estimate of drug-likeness (QED) is 0.546. The van der Waals surface area contributed by atoms with Gasteiger partial charge in [-0.1, -0.05) is 19.1 Å². The van der Waals surface area contributed by atoms with Crippen molar-refractivity contribution in [3.05, 3.63) is 47.7 Å². The number of nitrogens with zero attached hydrogens (tertiary/aromatic N) is 4. The third-order valence-electron chi connectivity index (χ3n) is 6.77. The number of hydrogen-bond donors (Lipinski definition) is 2. The number of nitrogens with one attached hydrogen (secondary N) is 1. The fourth-order valence-electron chi connectivity index (χ4n) is 5.14. The maximum Gasteiger partial charge on any atom is 0.410 e. The van der Waals surface area contributed by atoms with Gasteiger partial charge in [0.1, 0.15) is 11.6 Å². The van der Waals surface area contributed by atoms with Gasteiger partial charge in [0.25, 0.3) is 15.9 Å². The molecule has 4 rings (SSSR count). The largest absolute Gasteiger partial charge is 0.447 e. The van der Waals surface area contributed by atoms with E-state index in [0.29, 0.717) is 43.5 Å². The van der Waals surface area contributed by atoms with E-state index in [4.69, 9.17) is 15.5 Å². The van der Waals surface area contributed by atoms with Crippen LogP contribution in [0.4, 0.5) is 16.4 Å². The number of anilines is 2. The Balaban J connectivity index is 1.69. The fraction of sp³-hybridized carbons (Fsp3) is 0.481. The number of amides is 2. The van der Waals surface area contributed by atoms with Gasteiger partial charge < -0.3 is 20.3 Å². The molecule has 2 aliphatic heterocycles. The lowest BCUT2D eigenvalue weighted by Gasteiger charge is -2.34. The van der Waals surface area contributed by atoms with E-state index in [0.717, 1.165) is 12.0 Å². The number of nitrogens with two attached hydrogens (primary N) is 1. The minimum Gasteiger partial charge on any atom is -0.447 e. The minimum atomic E-state index is -4.27. The average molecular weight is 557 g/mol. The molecule has 1 atom stereocenters. The molecule has 0 aliphatic carbocycles. The SMILES string of the molecule is CC(C)OC(=O)N1CCC=C(c2ccc(C(=O)NS(=O)(=O)c3cccc(N)n3)c(N3C[C@@H](C)CC3(C)C)n2)C1. The van der Waals surface area contributed by atoms with Crippen molar-refractivity contribution in [2.24, 2.45) is 5.92 Å². The Labute approximate surface area is 229 Å². The second-order valence-corrected chi connectivity index (χ2v) is 12.6. The zero-order chi connectivity index (χ0) is 28.5. The molecule has 0 spiro atoms. The Kier molecular flexibility index (Phi) is 7.87. The van der Waals surface area contributed by atoms with Crippen molar-refractivity contribution in [2.45, 2.75) is 64.1 Å². The summed E-state index contributed by atoms with van der Waals surface area (Å²) in [7, 11) is -4.27. The van der Waals surface area contributed by atoms with Gasteiger partial charge in [-0.05, 0) is 76.3 Å². The molecule has 2 amide bonds. The topological polar surface area (TPSA) is 148 Å². The molecule has 0 radical (unpaired) electrons. The van der Waals surface area contributed by atoms with Crippen LogP contribution in [-0.2, 0) is 14.8 Å². The highest BCUT2D eigenvalue weighted by atomic mass is 32.2. The number of aromatic nitrogens is 2. The van der Waals surface area contributed by atoms with Crippen LogP contribution < -0.4 is 15.4 Å². The van der Waals surface area contributed by atoms with Crippen LogP contribution in [0.3, 0.4) is 0 Å². The molecular weight excluding hydrogens is 520 g/mol. The van der Waals surface area contributed by atoms with Gasteiger partial charge in [-0.25, -0.2) is 19.5 Å². The summed E-state index contributed by atoms with van der Waals surface area (Å²) in [4.78, 5) is 38.3. The number of ether oxygens (including phenoxy) is 1. The minimum absolute atomic E-state index is 0.0249. The molecule has 12 heteroatoms. The van der Waals surface area contributed by atoms with Gasteiger partial charge in [0.05, 0.1) is 23.9 Å². The van der Waals surface area contributed by atoms with Crippen molar-refractivity contribution >= 4 is 39.2 Å². The first-order chi connectivity index (χ1) is 18.3. The van der Waals surface area contributed by atoms with Crippen LogP contribution in [0.25, 0.3) is 5.57 Å². The van der Waals surface area contributed by atoms with Gasteiger partial charge >= 0.3 is 6.09 Å². The highest BCUT2D eigenvalue weighted by Crippen LogP contribution is 2.38. The summed E-state index contributed by atoms with van der Waals surface area (Å²) in [5.74, 6) is -0.0602. The molecule has 2 aliphatic rings. The molecule has 1 fully saturated rings. The van der Waals surface area contributed by atoms with Crippen LogP contribution in [0.5, 0.6) is 0 Å². The lowest BCUT2D eigenvalue weighted by Crippen LogP contribution is -2.41. The van der Waals surface area contributed by atoms with Crippen molar-refractivity contribution in [3.8, 4) is 0 Å². The second kappa shape index (κ2) is 10.8. The van der Waals surface area contributed by atoms with Crippen LogP contribution in [0.2, 0.25) is 0 Å². The van der Waals surface area contributed by atoms with E-state index in [1.807, 2.05) is 6.08 Å². The van der Waals surface area contributed by atoms with Gasteiger partial charge in [-0.2, -0.15) is 8.42 Å². The summed E-state index contributed by atoms with van der Waals surface area (Å²) in [5, 5.41) is -0.349. The standard InChI is InChI=1S/C27H36N6O5S/c1-17(2)38-26(35)32-13-7-8-19(16-32)21-12-11-20(24(29-21)33-15-18(3)14-27(33,4)5)25(34)31-39(36,37)23-10-6-9-22(28)30-23/h6,8-12,17-18H,7,13-16H2,1-5H3,(H2,28,30)(H,31,34)/t18-/m0/s1. The molecule has 0 unspecified atom stereocenters. The average Bonchev–Trinajstić information content (AvgIpc) is 3.14. The molecule has 0 bridgehead atoms. The maximum absolute atomic E-state index is 13.4. The Morgan fingerprint density at radius 3 is 2.56 bits per heavy atom. The van der Waals surface area contributed by atoms with Crippen LogP contribution in [-0.4, -0.2) is 66.6 Å². The van der Waals surface area contributed by atoms with Gasteiger partial charge in [-0.15, -0.1) is 0 Å². The lowest BCUT2D eigenvalue weighted by molar-refractivity contribution is 0.0802. The smallest absolute Gasteiger partial charge is 0.410 e. The predicted octanol–water partition coefficient (Wildman–Crippen LogP) is 3.44. The zero-order valence-corrected chi connectivity index (χ0v) is 23.8. The second-order valence-electron chi connectivity index (χ2n) is 11.0. The number of pyridine rings is 2. The number of carbonyl (C=O) groups is 2. The lowest BCUT2D eigenvalue weighted by atomic mass is 9.97. The molecular formula is C27H36N6O5S. The van der Waals surface area contributed by atoms with Crippen LogP contribution >= 0.6 is 0 Å². The van der Waals surface area contributed by atoms with Gasteiger partial charge in [0.15, 0.2) is 5.03 Å². The highest BCUT2D eigenvalue weighted by Gasteiger charge is 2.39. The zero-order valence-electron chi connectivity index (χ0n) is 23.0. The number of nitrogen functional groups attached to an aromatic ring is 1. The molecule has 0 aromatic carbocycles. The van der Waals surface area contributed by atoms with Gasteiger partial charge in [0.2, 0.25) is 0 Å². The summed E-state index contributed by atoms with van der Waals surface area (Å²) in [5.41, 5.74) is 6.89. The molecule has 11 nitrogen and oxygen atoms in total. The third kappa shape index (κ3) is 6.32. The van der Waals surface area contributed by atoms with Crippen molar-refractivity contribution in [1.29, 1.82) is 0 Å². The van der Waals surface area contributed by atoms with Crippen LogP contribution in [0.15, 0.2) is 41.4 Å². The molecule has 2 aromatic heterocycles. The number of carbonyl (C=O) groups excluding carboxylic acids is 2. The Morgan fingerprint density at radius 1 is 1.18 bits per heavy atom. The van der Waals surface area contributed by atoms with Gasteiger partial charge in [-0.3, -0.25) is 4.79 Å². The molecule has 3 N–H and O–H groups in total. The van der Waals surface area contributed by atoms with Crippen molar-refractivity contribution in [1.82, 2.24) is 19.6 Å². The van der Waals surface area contributed by atoms with E-state index in [-0.39, 0.29) is 34.1 Å². The fourth-order valence-corrected chi connectivity index (χ4v) is 6.08. The molecule has 4 heterocycles. The van der Waals surface area contributed by atoms with Crippen molar-refractivity contribution < 1.29 is 22.7 Å². The first-order valence-electron chi connectivity index (χ1n) is 13.0. The number of sulfonamides is 1. The third-order valence-corrected chi connectivity index (χ3v) is 8.00. The first-order valence-corrected chi connectivity index (χ1v) is 14.5. The van der Waals surface area contributed by atoms with E-state index in [9.17, 15) is 18.0 Å². The number of rotatable bonds is 6. The van der Waals surface area contributed by atoms with E-state index in [1.54, 1.807) is 30.9 Å². The normalized spacial score (nSPS) is 19.1. The van der Waals surface area contributed by atoms with Crippen LogP contribution in [0, 0.1) is 5.92 Å². The van der Waals surface area contributed by atoms with E-state index >= 15 is 0 Å². The highest BCUT2D eigenvalue weighted by molar-refractivity contribution is 7.90.